The molecule has 0 aliphatic carbocycles. The molecular formula is C26H39O4P. The Morgan fingerprint density at radius 3 is 1.48 bits per heavy atom. The molecule has 2 N–H and O–H groups in total. The zero-order valence-corrected chi connectivity index (χ0v) is 20.4. The Morgan fingerprint density at radius 1 is 0.677 bits per heavy atom. The highest BCUT2D eigenvalue weighted by atomic mass is 31.2. The monoisotopic (exact) mass is 446 g/mol. The Labute approximate surface area is 188 Å². The Bertz CT molecular complexity index is 755. The minimum absolute atomic E-state index is 0.122. The van der Waals surface area contributed by atoms with Crippen LogP contribution in [-0.4, -0.2) is 16.4 Å². The predicted molar refractivity (Wildman–Crippen MR) is 129 cm³/mol. The van der Waals surface area contributed by atoms with Gasteiger partial charge in [-0.15, -0.1) is 0 Å². The molecule has 2 aromatic carbocycles. The second kappa shape index (κ2) is 12.6. The van der Waals surface area contributed by atoms with Crippen LogP contribution in [0.25, 0.3) is 0 Å². The highest BCUT2D eigenvalue weighted by Crippen LogP contribution is 2.36. The van der Waals surface area contributed by atoms with E-state index in [4.69, 9.17) is 9.79 Å². The van der Waals surface area contributed by atoms with Gasteiger partial charge in [0, 0.05) is 5.92 Å². The number of phosphoric acid groups is 1. The van der Waals surface area contributed by atoms with Gasteiger partial charge in [0.15, 0.2) is 0 Å². The third-order valence-electron chi connectivity index (χ3n) is 5.91. The second-order valence-corrected chi connectivity index (χ2v) is 10.3. The molecule has 0 amide bonds. The quantitative estimate of drug-likeness (QED) is 0.247. The van der Waals surface area contributed by atoms with Gasteiger partial charge in [-0.1, -0.05) is 102 Å². The normalized spacial score (nSPS) is 12.3. The van der Waals surface area contributed by atoms with Gasteiger partial charge < -0.3 is 9.79 Å². The number of hydrogen-bond donors (Lipinski definition) is 2. The van der Waals surface area contributed by atoms with Crippen LogP contribution in [0.5, 0.6) is 0 Å². The van der Waals surface area contributed by atoms with E-state index in [9.17, 15) is 4.57 Å². The van der Waals surface area contributed by atoms with Gasteiger partial charge in [0.2, 0.25) is 0 Å². The lowest BCUT2D eigenvalue weighted by atomic mass is 9.85. The van der Waals surface area contributed by atoms with Crippen molar-refractivity contribution < 1.29 is 18.9 Å². The summed E-state index contributed by atoms with van der Waals surface area (Å²) in [7, 11) is -4.33. The number of benzene rings is 2. The van der Waals surface area contributed by atoms with Gasteiger partial charge >= 0.3 is 7.82 Å². The van der Waals surface area contributed by atoms with Crippen LogP contribution in [0.15, 0.2) is 48.5 Å². The molecule has 0 spiro atoms. The zero-order valence-electron chi connectivity index (χ0n) is 19.5. The molecule has 0 radical (unpaired) electrons. The lowest BCUT2D eigenvalue weighted by molar-refractivity contribution is 0.193. The molecule has 0 saturated heterocycles. The van der Waals surface area contributed by atoms with Crippen molar-refractivity contribution in [1.29, 1.82) is 0 Å². The first-order chi connectivity index (χ1) is 14.7. The van der Waals surface area contributed by atoms with Gasteiger partial charge in [-0.3, -0.25) is 4.52 Å². The second-order valence-electron chi connectivity index (χ2n) is 9.08. The van der Waals surface area contributed by atoms with Gasteiger partial charge in [0.1, 0.15) is 0 Å². The molecule has 0 heterocycles. The summed E-state index contributed by atoms with van der Waals surface area (Å²) in [6.07, 6.45) is 6.00. The third-order valence-corrected chi connectivity index (χ3v) is 6.43. The maximum Gasteiger partial charge on any atom is 0.469 e. The van der Waals surface area contributed by atoms with Crippen molar-refractivity contribution in [2.45, 2.75) is 84.0 Å². The number of hydrogen-bond acceptors (Lipinski definition) is 2. The highest BCUT2D eigenvalue weighted by molar-refractivity contribution is 7.46. The smallest absolute Gasteiger partial charge is 0.303 e. The first-order valence-corrected chi connectivity index (χ1v) is 13.1. The third kappa shape index (κ3) is 9.29. The summed E-state index contributed by atoms with van der Waals surface area (Å²) in [5.41, 5.74) is 5.49. The molecule has 0 fully saturated rings. The molecule has 5 heteroatoms. The largest absolute Gasteiger partial charge is 0.469 e. The van der Waals surface area contributed by atoms with Gasteiger partial charge in [-0.25, -0.2) is 4.57 Å². The van der Waals surface area contributed by atoms with E-state index in [1.54, 1.807) is 0 Å². The van der Waals surface area contributed by atoms with Crippen molar-refractivity contribution in [3.05, 3.63) is 70.8 Å². The molecule has 0 aromatic heterocycles. The summed E-state index contributed by atoms with van der Waals surface area (Å²) in [4.78, 5) is 17.4. The number of phosphoric ester groups is 1. The molecule has 0 aliphatic rings. The van der Waals surface area contributed by atoms with Crippen molar-refractivity contribution >= 4 is 7.82 Å². The molecule has 0 aliphatic heterocycles. The maximum absolute atomic E-state index is 10.7. The summed E-state index contributed by atoms with van der Waals surface area (Å²) in [6, 6.07) is 18.2. The van der Waals surface area contributed by atoms with E-state index in [1.165, 1.54) is 22.3 Å². The van der Waals surface area contributed by atoms with Crippen molar-refractivity contribution in [1.82, 2.24) is 0 Å². The van der Waals surface area contributed by atoms with Crippen molar-refractivity contribution in [2.75, 3.05) is 6.61 Å². The van der Waals surface area contributed by atoms with E-state index in [0.29, 0.717) is 24.2 Å². The molecule has 0 atom stereocenters. The minimum Gasteiger partial charge on any atom is -0.303 e. The summed E-state index contributed by atoms with van der Waals surface area (Å²) in [5.74, 6) is 1.46. The van der Waals surface area contributed by atoms with E-state index in [1.807, 2.05) is 0 Å². The Morgan fingerprint density at radius 2 is 1.06 bits per heavy atom. The van der Waals surface area contributed by atoms with Crippen LogP contribution in [0.1, 0.15) is 106 Å². The fourth-order valence-electron chi connectivity index (χ4n) is 3.92. The molecule has 31 heavy (non-hydrogen) atoms. The van der Waals surface area contributed by atoms with Gasteiger partial charge in [0.25, 0.3) is 0 Å². The minimum atomic E-state index is -4.33. The Hall–Kier alpha value is -1.45. The van der Waals surface area contributed by atoms with Gasteiger partial charge in [-0.05, 0) is 46.9 Å². The number of unbranched alkanes of at least 4 members (excludes halogenated alkanes) is 4. The fraction of sp³-hybridized carbons (Fsp3) is 0.538. The molecular weight excluding hydrogens is 407 g/mol. The predicted octanol–water partition coefficient (Wildman–Crippen LogP) is 7.52. The number of rotatable bonds is 13. The van der Waals surface area contributed by atoms with Gasteiger partial charge in [0.05, 0.1) is 6.61 Å². The first-order valence-electron chi connectivity index (χ1n) is 11.6. The van der Waals surface area contributed by atoms with Crippen LogP contribution < -0.4 is 0 Å². The summed E-state index contributed by atoms with van der Waals surface area (Å²) < 4.78 is 15.2. The van der Waals surface area contributed by atoms with Crippen LogP contribution in [0, 0.1) is 0 Å². The standard InChI is InChI=1S/C26H39O4P/c1-20(2)22-11-15-24(16-12-22)26(25-17-13-23(14-18-25)21(3)4)10-8-6-5-7-9-19-30-31(27,28)29/h11-18,20-21,26H,5-10,19H2,1-4H3,(H2,27,28,29). The average Bonchev–Trinajstić information content (AvgIpc) is 2.72. The first kappa shape index (κ1) is 25.8. The Kier molecular flexibility index (Phi) is 10.4. The zero-order chi connectivity index (χ0) is 22.9. The maximum atomic E-state index is 10.7. The summed E-state index contributed by atoms with van der Waals surface area (Å²) >= 11 is 0. The molecule has 172 valence electrons. The lowest BCUT2D eigenvalue weighted by Crippen LogP contribution is -2.03. The molecule has 4 nitrogen and oxygen atoms in total. The SMILES string of the molecule is CC(C)c1ccc(C(CCCCCCCOP(=O)(O)O)c2ccc(C(C)C)cc2)cc1. The molecule has 2 rings (SSSR count). The van der Waals surface area contributed by atoms with Crippen LogP contribution in [0.4, 0.5) is 0 Å². The summed E-state index contributed by atoms with van der Waals surface area (Å²) in [5, 5.41) is 0. The van der Waals surface area contributed by atoms with E-state index < -0.39 is 7.82 Å². The average molecular weight is 447 g/mol. The molecule has 0 unspecified atom stereocenters. The van der Waals surface area contributed by atoms with Crippen LogP contribution in [0.2, 0.25) is 0 Å². The van der Waals surface area contributed by atoms with E-state index in [-0.39, 0.29) is 6.61 Å². The molecule has 0 bridgehead atoms. The van der Waals surface area contributed by atoms with E-state index in [2.05, 4.69) is 80.7 Å². The molecule has 2 aromatic rings. The van der Waals surface area contributed by atoms with Crippen molar-refractivity contribution in [2.24, 2.45) is 0 Å². The van der Waals surface area contributed by atoms with Crippen LogP contribution >= 0.6 is 7.82 Å². The highest BCUT2D eigenvalue weighted by Gasteiger charge is 2.15. The topological polar surface area (TPSA) is 66.8 Å². The lowest BCUT2D eigenvalue weighted by Gasteiger charge is -2.20. The fourth-order valence-corrected chi connectivity index (χ4v) is 4.28. The van der Waals surface area contributed by atoms with Crippen LogP contribution in [0.3, 0.4) is 0 Å². The van der Waals surface area contributed by atoms with Gasteiger partial charge in [-0.2, -0.15) is 0 Å². The summed E-state index contributed by atoms with van der Waals surface area (Å²) in [6.45, 7) is 9.02. The molecule has 0 saturated carbocycles. The van der Waals surface area contributed by atoms with Crippen LogP contribution in [-0.2, 0) is 9.09 Å². The Balaban J connectivity index is 1.96. The van der Waals surface area contributed by atoms with Crippen molar-refractivity contribution in [3.63, 3.8) is 0 Å². The van der Waals surface area contributed by atoms with E-state index >= 15 is 0 Å². The van der Waals surface area contributed by atoms with E-state index in [0.717, 1.165) is 32.1 Å². The van der Waals surface area contributed by atoms with Crippen molar-refractivity contribution in [3.8, 4) is 0 Å².